The van der Waals surface area contributed by atoms with Crippen molar-refractivity contribution in [1.82, 2.24) is 14.7 Å². The van der Waals surface area contributed by atoms with E-state index in [0.717, 1.165) is 64.6 Å². The molecule has 1 amide bonds. The van der Waals surface area contributed by atoms with Crippen molar-refractivity contribution in [2.75, 3.05) is 59.0 Å². The van der Waals surface area contributed by atoms with Crippen LogP contribution in [-0.2, 0) is 9.53 Å². The molecule has 0 N–H and O–H groups in total. The number of carbonyl (C=O) groups excluding carboxylic acids is 1. The van der Waals surface area contributed by atoms with Crippen molar-refractivity contribution in [3.63, 3.8) is 0 Å². The molecule has 3 heterocycles. The average Bonchev–Trinajstić information content (AvgIpc) is 3.16. The van der Waals surface area contributed by atoms with Crippen molar-refractivity contribution in [3.8, 4) is 0 Å². The standard InChI is InChI=1S/C21H35N3O2/c25-20(17-22-10-4-5-11-22)24-12-8-21(9-13-24)18-23(14-15-26-21)16-19-6-2-1-3-7-19/h1-2,19H,3-18H2. The van der Waals surface area contributed by atoms with Gasteiger partial charge in [-0.15, -0.1) is 0 Å². The number of likely N-dealkylation sites (tertiary alicyclic amines) is 2. The molecule has 1 aliphatic carbocycles. The highest BCUT2D eigenvalue weighted by Gasteiger charge is 2.41. The van der Waals surface area contributed by atoms with E-state index in [1.807, 2.05) is 0 Å². The number of morpholine rings is 1. The highest BCUT2D eigenvalue weighted by atomic mass is 16.5. The van der Waals surface area contributed by atoms with Crippen LogP contribution in [0, 0.1) is 5.92 Å². The van der Waals surface area contributed by atoms with E-state index >= 15 is 0 Å². The van der Waals surface area contributed by atoms with Gasteiger partial charge in [0.2, 0.25) is 5.91 Å². The number of rotatable bonds is 4. The molecule has 1 unspecified atom stereocenters. The molecule has 3 aliphatic heterocycles. The zero-order valence-electron chi connectivity index (χ0n) is 16.2. The molecule has 5 heteroatoms. The molecule has 0 aromatic rings. The molecule has 0 radical (unpaired) electrons. The fraction of sp³-hybridized carbons (Fsp3) is 0.857. The second-order valence-electron chi connectivity index (χ2n) is 8.78. The first-order chi connectivity index (χ1) is 12.7. The van der Waals surface area contributed by atoms with E-state index in [4.69, 9.17) is 4.74 Å². The minimum absolute atomic E-state index is 0.00677. The molecule has 3 fully saturated rings. The summed E-state index contributed by atoms with van der Waals surface area (Å²) in [6.45, 7) is 8.74. The number of piperidine rings is 1. The Bertz CT molecular complexity index is 507. The molecule has 3 saturated heterocycles. The Labute approximate surface area is 158 Å². The first-order valence-electron chi connectivity index (χ1n) is 10.7. The number of hydrogen-bond acceptors (Lipinski definition) is 4. The van der Waals surface area contributed by atoms with Gasteiger partial charge in [0.1, 0.15) is 0 Å². The lowest BCUT2D eigenvalue weighted by Gasteiger charge is -2.48. The van der Waals surface area contributed by atoms with Gasteiger partial charge in [-0.05, 0) is 64.0 Å². The van der Waals surface area contributed by atoms with E-state index in [0.29, 0.717) is 12.5 Å². The summed E-state index contributed by atoms with van der Waals surface area (Å²) in [7, 11) is 0. The SMILES string of the molecule is O=C(CN1CCCC1)N1CCC2(CC1)CN(CC1CC=CCC1)CCO2. The summed E-state index contributed by atoms with van der Waals surface area (Å²) >= 11 is 0. The molecule has 0 bridgehead atoms. The molecule has 0 aromatic heterocycles. The van der Waals surface area contributed by atoms with Gasteiger partial charge in [0, 0.05) is 32.7 Å². The second kappa shape index (κ2) is 8.41. The molecule has 5 nitrogen and oxygen atoms in total. The first-order valence-corrected chi connectivity index (χ1v) is 10.7. The van der Waals surface area contributed by atoms with E-state index < -0.39 is 0 Å². The number of ether oxygens (including phenoxy) is 1. The first kappa shape index (κ1) is 18.5. The number of carbonyl (C=O) groups is 1. The Morgan fingerprint density at radius 1 is 1.04 bits per heavy atom. The minimum Gasteiger partial charge on any atom is -0.372 e. The maximum Gasteiger partial charge on any atom is 0.236 e. The van der Waals surface area contributed by atoms with Crippen LogP contribution in [0.15, 0.2) is 12.2 Å². The lowest BCUT2D eigenvalue weighted by atomic mass is 9.88. The lowest BCUT2D eigenvalue weighted by Crippen LogP contribution is -2.58. The van der Waals surface area contributed by atoms with Crippen molar-refractivity contribution < 1.29 is 9.53 Å². The smallest absolute Gasteiger partial charge is 0.236 e. The van der Waals surface area contributed by atoms with Gasteiger partial charge in [0.05, 0.1) is 18.8 Å². The van der Waals surface area contributed by atoms with Crippen LogP contribution in [0.3, 0.4) is 0 Å². The molecule has 0 aromatic carbocycles. The Kier molecular flexibility index (Phi) is 5.97. The maximum absolute atomic E-state index is 12.6. The zero-order chi connectivity index (χ0) is 17.8. The third-order valence-corrected chi connectivity index (χ3v) is 6.81. The molecule has 26 heavy (non-hydrogen) atoms. The van der Waals surface area contributed by atoms with Gasteiger partial charge >= 0.3 is 0 Å². The van der Waals surface area contributed by atoms with E-state index in [2.05, 4.69) is 26.9 Å². The lowest BCUT2D eigenvalue weighted by molar-refractivity contribution is -0.151. The van der Waals surface area contributed by atoms with E-state index in [1.54, 1.807) is 0 Å². The van der Waals surface area contributed by atoms with Crippen LogP contribution in [0.5, 0.6) is 0 Å². The molecule has 4 rings (SSSR count). The van der Waals surface area contributed by atoms with Crippen molar-refractivity contribution in [2.45, 2.75) is 50.5 Å². The van der Waals surface area contributed by atoms with Crippen LogP contribution in [0.1, 0.15) is 44.9 Å². The van der Waals surface area contributed by atoms with E-state index in [9.17, 15) is 4.79 Å². The van der Waals surface area contributed by atoms with Gasteiger partial charge < -0.3 is 9.64 Å². The van der Waals surface area contributed by atoms with Crippen molar-refractivity contribution in [1.29, 1.82) is 0 Å². The van der Waals surface area contributed by atoms with Crippen molar-refractivity contribution in [3.05, 3.63) is 12.2 Å². The van der Waals surface area contributed by atoms with Crippen LogP contribution in [0.2, 0.25) is 0 Å². The molecular formula is C21H35N3O2. The number of allylic oxidation sites excluding steroid dienone is 2. The average molecular weight is 362 g/mol. The Morgan fingerprint density at radius 3 is 2.58 bits per heavy atom. The van der Waals surface area contributed by atoms with Gasteiger partial charge in [-0.2, -0.15) is 0 Å². The summed E-state index contributed by atoms with van der Waals surface area (Å²) in [5.74, 6) is 1.14. The van der Waals surface area contributed by atoms with Crippen molar-refractivity contribution in [2.24, 2.45) is 5.92 Å². The van der Waals surface area contributed by atoms with Gasteiger partial charge in [-0.3, -0.25) is 14.6 Å². The quantitative estimate of drug-likeness (QED) is 0.719. The van der Waals surface area contributed by atoms with Crippen molar-refractivity contribution >= 4 is 5.91 Å². The number of nitrogens with zero attached hydrogens (tertiary/aromatic N) is 3. The van der Waals surface area contributed by atoms with E-state index in [-0.39, 0.29) is 5.60 Å². The molecule has 146 valence electrons. The largest absolute Gasteiger partial charge is 0.372 e. The third kappa shape index (κ3) is 4.49. The van der Waals surface area contributed by atoms with Crippen LogP contribution in [0.25, 0.3) is 0 Å². The van der Waals surface area contributed by atoms with Crippen LogP contribution in [0.4, 0.5) is 0 Å². The molecule has 1 atom stereocenters. The Balaban J connectivity index is 1.25. The number of amides is 1. The molecule has 0 saturated carbocycles. The summed E-state index contributed by atoms with van der Waals surface area (Å²) in [6, 6.07) is 0. The van der Waals surface area contributed by atoms with Gasteiger partial charge in [0.15, 0.2) is 0 Å². The summed E-state index contributed by atoms with van der Waals surface area (Å²) in [4.78, 5) is 19.6. The summed E-state index contributed by atoms with van der Waals surface area (Å²) in [5, 5.41) is 0. The van der Waals surface area contributed by atoms with E-state index in [1.165, 1.54) is 38.6 Å². The van der Waals surface area contributed by atoms with Gasteiger partial charge in [0.25, 0.3) is 0 Å². The predicted molar refractivity (Wildman–Crippen MR) is 103 cm³/mol. The zero-order valence-corrected chi connectivity index (χ0v) is 16.2. The van der Waals surface area contributed by atoms with Crippen LogP contribution in [-0.4, -0.2) is 85.2 Å². The van der Waals surface area contributed by atoms with Gasteiger partial charge in [-0.1, -0.05) is 12.2 Å². The second-order valence-corrected chi connectivity index (χ2v) is 8.78. The third-order valence-electron chi connectivity index (χ3n) is 6.81. The van der Waals surface area contributed by atoms with Crippen LogP contribution >= 0.6 is 0 Å². The summed E-state index contributed by atoms with van der Waals surface area (Å²) in [6.07, 6.45) is 13.0. The topological polar surface area (TPSA) is 36.0 Å². The number of hydrogen-bond donors (Lipinski definition) is 0. The fourth-order valence-corrected chi connectivity index (χ4v) is 5.16. The highest BCUT2D eigenvalue weighted by molar-refractivity contribution is 5.78. The monoisotopic (exact) mass is 361 g/mol. The minimum atomic E-state index is -0.00677. The Morgan fingerprint density at radius 2 is 1.85 bits per heavy atom. The summed E-state index contributed by atoms with van der Waals surface area (Å²) in [5.41, 5.74) is -0.00677. The molecular weight excluding hydrogens is 326 g/mol. The van der Waals surface area contributed by atoms with Crippen LogP contribution < -0.4 is 0 Å². The summed E-state index contributed by atoms with van der Waals surface area (Å²) < 4.78 is 6.28. The highest BCUT2D eigenvalue weighted by Crippen LogP contribution is 2.31. The molecule has 1 spiro atoms. The predicted octanol–water partition coefficient (Wildman–Crippen LogP) is 2.13. The normalized spacial score (nSPS) is 30.2. The fourth-order valence-electron chi connectivity index (χ4n) is 5.16. The Hall–Kier alpha value is -0.910. The maximum atomic E-state index is 12.6. The van der Waals surface area contributed by atoms with Gasteiger partial charge in [-0.25, -0.2) is 0 Å². The molecule has 4 aliphatic rings.